The molecule has 2 aliphatic rings. The molecule has 0 spiro atoms. The standard InChI is InChI=1S/C9H9BrO2.C6H4BrI.C3H4O2/c10-8-3-1-7(2-4-8)9(11)5-12-6-9;7-5-1-3-6(8)4-2-5;4-3-1-5-2-3/h1-4,11H,5-6H2;1-4H;1-2H2. The fraction of sp³-hybridized carbons (Fsp3) is 0.278. The highest BCUT2D eigenvalue weighted by atomic mass is 127. The summed E-state index contributed by atoms with van der Waals surface area (Å²) in [4.78, 5) is 9.77. The number of ether oxygens (including phenoxy) is 2. The Labute approximate surface area is 177 Å². The molecule has 25 heavy (non-hydrogen) atoms. The zero-order valence-electron chi connectivity index (χ0n) is 13.3. The lowest BCUT2D eigenvalue weighted by molar-refractivity contribution is -0.184. The monoisotopic (exact) mass is 582 g/mol. The molecule has 2 fully saturated rings. The van der Waals surface area contributed by atoms with Gasteiger partial charge in [0.2, 0.25) is 0 Å². The van der Waals surface area contributed by atoms with Gasteiger partial charge in [-0.15, -0.1) is 0 Å². The molecule has 2 heterocycles. The van der Waals surface area contributed by atoms with Gasteiger partial charge in [-0.05, 0) is 64.6 Å². The van der Waals surface area contributed by atoms with Crippen LogP contribution in [0.2, 0.25) is 0 Å². The average molecular weight is 584 g/mol. The van der Waals surface area contributed by atoms with E-state index >= 15 is 0 Å². The lowest BCUT2D eigenvalue weighted by Crippen LogP contribution is -2.46. The summed E-state index contributed by atoms with van der Waals surface area (Å²) in [6.07, 6.45) is 0. The molecule has 0 aliphatic carbocycles. The summed E-state index contributed by atoms with van der Waals surface area (Å²) in [5.41, 5.74) is 0.192. The highest BCUT2D eigenvalue weighted by Gasteiger charge is 2.37. The van der Waals surface area contributed by atoms with E-state index in [4.69, 9.17) is 4.74 Å². The molecule has 2 aromatic carbocycles. The van der Waals surface area contributed by atoms with E-state index in [-0.39, 0.29) is 5.78 Å². The second kappa shape index (κ2) is 10.1. The van der Waals surface area contributed by atoms with Gasteiger partial charge in [0.15, 0.2) is 5.78 Å². The van der Waals surface area contributed by atoms with Crippen molar-refractivity contribution in [2.24, 2.45) is 0 Å². The van der Waals surface area contributed by atoms with E-state index in [1.54, 1.807) is 0 Å². The molecular formula is C18H17Br2IO4. The molecule has 0 unspecified atom stereocenters. The van der Waals surface area contributed by atoms with E-state index in [0.717, 1.165) is 14.5 Å². The molecule has 1 N–H and O–H groups in total. The first-order chi connectivity index (χ1) is 11.9. The SMILES string of the molecule is Brc1ccc(I)cc1.O=C1COC1.OC1(c2ccc(Br)cc2)COC1. The lowest BCUT2D eigenvalue weighted by Gasteiger charge is -2.36. The maximum Gasteiger partial charge on any atom is 0.184 e. The van der Waals surface area contributed by atoms with Gasteiger partial charge < -0.3 is 14.6 Å². The van der Waals surface area contributed by atoms with Crippen molar-refractivity contribution in [1.82, 2.24) is 0 Å². The maximum absolute atomic E-state index is 9.83. The Balaban J connectivity index is 0.000000149. The third kappa shape index (κ3) is 7.07. The van der Waals surface area contributed by atoms with E-state index in [0.29, 0.717) is 26.4 Å². The zero-order valence-corrected chi connectivity index (χ0v) is 18.6. The number of hydrogen-bond acceptors (Lipinski definition) is 4. The van der Waals surface area contributed by atoms with Crippen molar-refractivity contribution in [2.75, 3.05) is 26.4 Å². The van der Waals surface area contributed by atoms with Crippen LogP contribution >= 0.6 is 54.5 Å². The Morgan fingerprint density at radius 1 is 0.880 bits per heavy atom. The van der Waals surface area contributed by atoms with E-state index in [9.17, 15) is 9.90 Å². The Morgan fingerprint density at radius 3 is 1.60 bits per heavy atom. The number of halogens is 3. The average Bonchev–Trinajstić information content (AvgIpc) is 2.55. The molecule has 4 rings (SSSR count). The van der Waals surface area contributed by atoms with E-state index in [1.165, 1.54) is 3.57 Å². The third-order valence-electron chi connectivity index (χ3n) is 3.39. The minimum absolute atomic E-state index is 0.213. The molecule has 2 aliphatic heterocycles. The van der Waals surface area contributed by atoms with Crippen LogP contribution in [0, 0.1) is 3.57 Å². The molecule has 134 valence electrons. The summed E-state index contributed by atoms with van der Waals surface area (Å²) < 4.78 is 12.9. The van der Waals surface area contributed by atoms with Crippen LogP contribution in [0.4, 0.5) is 0 Å². The summed E-state index contributed by atoms with van der Waals surface area (Å²) in [6.45, 7) is 1.52. The number of rotatable bonds is 1. The van der Waals surface area contributed by atoms with E-state index in [2.05, 4.69) is 71.3 Å². The predicted molar refractivity (Wildman–Crippen MR) is 112 cm³/mol. The van der Waals surface area contributed by atoms with Gasteiger partial charge in [-0.25, -0.2) is 0 Å². The highest BCUT2D eigenvalue weighted by Crippen LogP contribution is 2.29. The van der Waals surface area contributed by atoms with Crippen molar-refractivity contribution in [3.63, 3.8) is 0 Å². The fourth-order valence-electron chi connectivity index (χ4n) is 1.84. The van der Waals surface area contributed by atoms with Gasteiger partial charge in [-0.2, -0.15) is 0 Å². The summed E-state index contributed by atoms with van der Waals surface area (Å²) in [7, 11) is 0. The third-order valence-corrected chi connectivity index (χ3v) is 5.17. The Morgan fingerprint density at radius 2 is 1.32 bits per heavy atom. The molecule has 0 bridgehead atoms. The highest BCUT2D eigenvalue weighted by molar-refractivity contribution is 14.1. The Kier molecular flexibility index (Phi) is 8.50. The Bertz CT molecular complexity index is 658. The molecule has 2 saturated heterocycles. The second-order valence-electron chi connectivity index (χ2n) is 5.50. The molecule has 0 atom stereocenters. The number of carbonyl (C=O) groups is 1. The molecule has 2 aromatic rings. The lowest BCUT2D eigenvalue weighted by atomic mass is 9.92. The van der Waals surface area contributed by atoms with Crippen molar-refractivity contribution in [1.29, 1.82) is 0 Å². The summed E-state index contributed by atoms with van der Waals surface area (Å²) in [5.74, 6) is 0.213. The number of aliphatic hydroxyl groups is 1. The van der Waals surface area contributed by atoms with Crippen LogP contribution in [-0.2, 0) is 19.9 Å². The molecule has 7 heteroatoms. The minimum atomic E-state index is -0.735. The molecule has 0 aromatic heterocycles. The van der Waals surface area contributed by atoms with Gasteiger partial charge in [0, 0.05) is 12.5 Å². The summed E-state index contributed by atoms with van der Waals surface area (Å²) in [5, 5.41) is 9.83. The topological polar surface area (TPSA) is 55.8 Å². The Hall–Kier alpha value is -0.320. The van der Waals surface area contributed by atoms with Gasteiger partial charge in [-0.1, -0.05) is 44.0 Å². The normalized spacial score (nSPS) is 17.0. The fourth-order valence-corrected chi connectivity index (χ4v) is 2.73. The van der Waals surface area contributed by atoms with Crippen molar-refractivity contribution in [2.45, 2.75) is 5.60 Å². The van der Waals surface area contributed by atoms with Crippen LogP contribution < -0.4 is 0 Å². The van der Waals surface area contributed by atoms with Crippen LogP contribution in [0.3, 0.4) is 0 Å². The number of hydrogen-bond donors (Lipinski definition) is 1. The summed E-state index contributed by atoms with van der Waals surface area (Å²) >= 11 is 8.96. The van der Waals surface area contributed by atoms with Crippen molar-refractivity contribution < 1.29 is 19.4 Å². The van der Waals surface area contributed by atoms with Crippen molar-refractivity contribution >= 4 is 60.2 Å². The smallest absolute Gasteiger partial charge is 0.184 e. The number of Topliss-reactive ketones (excluding diaryl/α,β-unsaturated/α-hetero) is 1. The van der Waals surface area contributed by atoms with E-state index < -0.39 is 5.60 Å². The van der Waals surface area contributed by atoms with Crippen LogP contribution in [0.1, 0.15) is 5.56 Å². The first-order valence-corrected chi connectivity index (χ1v) is 10.1. The van der Waals surface area contributed by atoms with Crippen molar-refractivity contribution in [3.8, 4) is 0 Å². The minimum Gasteiger partial charge on any atom is -0.380 e. The predicted octanol–water partition coefficient (Wildman–Crippen LogP) is 4.31. The van der Waals surface area contributed by atoms with Gasteiger partial charge in [0.25, 0.3) is 0 Å². The van der Waals surface area contributed by atoms with Crippen LogP contribution in [0.5, 0.6) is 0 Å². The van der Waals surface area contributed by atoms with Gasteiger partial charge in [0.05, 0.1) is 13.2 Å². The molecule has 0 saturated carbocycles. The number of benzene rings is 2. The van der Waals surface area contributed by atoms with Crippen LogP contribution in [-0.4, -0.2) is 37.3 Å². The molecular weight excluding hydrogens is 567 g/mol. The van der Waals surface area contributed by atoms with Crippen LogP contribution in [0.15, 0.2) is 57.5 Å². The maximum atomic E-state index is 9.83. The molecule has 0 amide bonds. The molecule has 4 nitrogen and oxygen atoms in total. The largest absolute Gasteiger partial charge is 0.380 e. The summed E-state index contributed by atoms with van der Waals surface area (Å²) in [6, 6.07) is 15.8. The zero-order chi connectivity index (χ0) is 18.3. The van der Waals surface area contributed by atoms with Gasteiger partial charge >= 0.3 is 0 Å². The number of ketones is 1. The number of carbonyl (C=O) groups excluding carboxylic acids is 1. The van der Waals surface area contributed by atoms with Gasteiger partial charge in [0.1, 0.15) is 18.8 Å². The van der Waals surface area contributed by atoms with Crippen molar-refractivity contribution in [3.05, 3.63) is 66.6 Å². The van der Waals surface area contributed by atoms with E-state index in [1.807, 2.05) is 36.4 Å². The van der Waals surface area contributed by atoms with Crippen LogP contribution in [0.25, 0.3) is 0 Å². The second-order valence-corrected chi connectivity index (χ2v) is 8.58. The first kappa shape index (κ1) is 21.0. The quantitative estimate of drug-likeness (QED) is 0.509. The van der Waals surface area contributed by atoms with Gasteiger partial charge in [-0.3, -0.25) is 4.79 Å². The first-order valence-electron chi connectivity index (χ1n) is 7.46. The molecule has 0 radical (unpaired) electrons.